The summed E-state index contributed by atoms with van der Waals surface area (Å²) in [5.74, 6) is -4.51. The lowest BCUT2D eigenvalue weighted by atomic mass is 10.0. The molecule has 2 heterocycles. The predicted molar refractivity (Wildman–Crippen MR) is 270 cm³/mol. The van der Waals surface area contributed by atoms with E-state index in [1.54, 1.807) is 55.6 Å². The van der Waals surface area contributed by atoms with Gasteiger partial charge in [-0.1, -0.05) is 88.4 Å². The number of likely N-dealkylation sites (N-methyl/N-ethyl adjacent to an activating group) is 2. The number of nitrogens with one attached hydrogen (secondary N) is 8. The molecule has 384 valence electrons. The van der Waals surface area contributed by atoms with Gasteiger partial charge in [-0.05, 0) is 95.8 Å². The highest BCUT2D eigenvalue weighted by molar-refractivity contribution is 6.02. The molecule has 5 rings (SSSR count). The van der Waals surface area contributed by atoms with Crippen molar-refractivity contribution < 1.29 is 38.4 Å². The average Bonchev–Trinajstić information content (AvgIpc) is 3.98. The first-order valence-electron chi connectivity index (χ1n) is 24.4. The summed E-state index contributed by atoms with van der Waals surface area (Å²) in [6.45, 7) is 14.1. The summed E-state index contributed by atoms with van der Waals surface area (Å²) in [5, 5.41) is 23.3. The standard InChI is InChI=1S/C52H73N11O8/c1-28(2)43(60-45(64)32(7)54-9)51(70)62-26-39(24-41(62)49(68)56-30(5)34-17-13-11-14-18-34)58-47(66)36-21-37(23-38(53)22-36)48(67)59-40-25-42(50(69)57-31(6)35-19-15-12-16-20-35)63(27-40)52(71)44(29(3)4)61-46(65)33(8)55-10/h11-23,28-33,39-44,54-55H,24-27,53H2,1-10H3,(H,56,68)(H,57,69)(H,58,66)(H,59,67)(H,60,64)(H,61,65). The molecule has 0 radical (unpaired) electrons. The van der Waals surface area contributed by atoms with Crippen LogP contribution in [0.2, 0.25) is 0 Å². The minimum absolute atomic E-state index is 0.0358. The van der Waals surface area contributed by atoms with Gasteiger partial charge >= 0.3 is 0 Å². The maximum Gasteiger partial charge on any atom is 0.251 e. The van der Waals surface area contributed by atoms with Crippen molar-refractivity contribution in [1.82, 2.24) is 52.3 Å². The van der Waals surface area contributed by atoms with Crippen LogP contribution >= 0.6 is 0 Å². The van der Waals surface area contributed by atoms with Crippen molar-refractivity contribution in [2.45, 2.75) is 129 Å². The van der Waals surface area contributed by atoms with E-state index < -0.39 is 95.9 Å². The molecular weight excluding hydrogens is 907 g/mol. The van der Waals surface area contributed by atoms with Crippen LogP contribution in [0.15, 0.2) is 78.9 Å². The second-order valence-corrected chi connectivity index (χ2v) is 19.4. The Bertz CT molecular complexity index is 2220. The Morgan fingerprint density at radius 2 is 0.873 bits per heavy atom. The van der Waals surface area contributed by atoms with Gasteiger partial charge in [0.1, 0.15) is 24.2 Å². The number of anilines is 1. The smallest absolute Gasteiger partial charge is 0.251 e. The largest absolute Gasteiger partial charge is 0.399 e. The molecule has 0 spiro atoms. The maximum absolute atomic E-state index is 14.3. The van der Waals surface area contributed by atoms with E-state index in [0.29, 0.717) is 0 Å². The highest BCUT2D eigenvalue weighted by Crippen LogP contribution is 2.26. The van der Waals surface area contributed by atoms with Crippen molar-refractivity contribution in [1.29, 1.82) is 0 Å². The highest BCUT2D eigenvalue weighted by atomic mass is 16.2. The van der Waals surface area contributed by atoms with Crippen LogP contribution in [0.3, 0.4) is 0 Å². The predicted octanol–water partition coefficient (Wildman–Crippen LogP) is 1.92. The van der Waals surface area contributed by atoms with E-state index in [1.165, 1.54) is 28.0 Å². The van der Waals surface area contributed by atoms with Crippen LogP contribution in [-0.4, -0.2) is 133 Å². The van der Waals surface area contributed by atoms with Crippen molar-refractivity contribution in [3.63, 3.8) is 0 Å². The molecule has 2 saturated heterocycles. The number of benzene rings is 3. The molecule has 3 aromatic rings. The Morgan fingerprint density at radius 3 is 1.20 bits per heavy atom. The van der Waals surface area contributed by atoms with E-state index >= 15 is 0 Å². The first-order chi connectivity index (χ1) is 33.6. The van der Waals surface area contributed by atoms with Crippen LogP contribution in [0, 0.1) is 11.8 Å². The van der Waals surface area contributed by atoms with Crippen molar-refractivity contribution in [3.8, 4) is 0 Å². The van der Waals surface area contributed by atoms with Gasteiger partial charge in [-0.15, -0.1) is 0 Å². The van der Waals surface area contributed by atoms with Crippen LogP contribution in [0.5, 0.6) is 0 Å². The number of nitrogen functional groups attached to an aromatic ring is 1. The molecular formula is C52H73N11O8. The first-order valence-corrected chi connectivity index (χ1v) is 24.4. The lowest BCUT2D eigenvalue weighted by Gasteiger charge is -2.31. The second-order valence-electron chi connectivity index (χ2n) is 19.4. The topological polar surface area (TPSA) is 265 Å². The number of nitrogens with two attached hydrogens (primary N) is 1. The van der Waals surface area contributed by atoms with E-state index in [4.69, 9.17) is 5.73 Å². The number of hydrogen-bond acceptors (Lipinski definition) is 11. The zero-order chi connectivity index (χ0) is 52.3. The molecule has 0 aromatic heterocycles. The number of likely N-dealkylation sites (tertiary alicyclic amines) is 2. The van der Waals surface area contributed by atoms with Crippen molar-refractivity contribution in [2.24, 2.45) is 11.8 Å². The summed E-state index contributed by atoms with van der Waals surface area (Å²) >= 11 is 0. The van der Waals surface area contributed by atoms with E-state index in [-0.39, 0.29) is 66.4 Å². The number of nitrogens with zero attached hydrogens (tertiary/aromatic N) is 2. The molecule has 0 saturated carbocycles. The minimum Gasteiger partial charge on any atom is -0.399 e. The van der Waals surface area contributed by atoms with E-state index in [1.807, 2.05) is 74.5 Å². The lowest BCUT2D eigenvalue weighted by Crippen LogP contribution is -2.57. The zero-order valence-corrected chi connectivity index (χ0v) is 42.5. The fourth-order valence-corrected chi connectivity index (χ4v) is 8.79. The Balaban J connectivity index is 1.35. The second kappa shape index (κ2) is 24.8. The van der Waals surface area contributed by atoms with Crippen LogP contribution < -0.4 is 48.3 Å². The summed E-state index contributed by atoms with van der Waals surface area (Å²) in [4.78, 5) is 114. The quantitative estimate of drug-likeness (QED) is 0.0739. The van der Waals surface area contributed by atoms with Crippen LogP contribution in [0.4, 0.5) is 5.69 Å². The first kappa shape index (κ1) is 55.1. The van der Waals surface area contributed by atoms with Crippen molar-refractivity contribution in [2.75, 3.05) is 32.9 Å². The molecule has 10 unspecified atom stereocenters. The normalized spacial score (nSPS) is 20.2. The third-order valence-corrected chi connectivity index (χ3v) is 13.4. The van der Waals surface area contributed by atoms with E-state index in [2.05, 4.69) is 42.5 Å². The number of hydrogen-bond donors (Lipinski definition) is 9. The van der Waals surface area contributed by atoms with Gasteiger partial charge in [0.15, 0.2) is 0 Å². The van der Waals surface area contributed by atoms with Gasteiger partial charge in [-0.3, -0.25) is 38.4 Å². The molecule has 71 heavy (non-hydrogen) atoms. The summed E-state index contributed by atoms with van der Waals surface area (Å²) in [7, 11) is 3.26. The van der Waals surface area contributed by atoms with Crippen LogP contribution in [-0.2, 0) is 28.8 Å². The van der Waals surface area contributed by atoms with E-state index in [9.17, 15) is 38.4 Å². The molecule has 19 nitrogen and oxygen atoms in total. The van der Waals surface area contributed by atoms with Crippen molar-refractivity contribution >= 4 is 52.9 Å². The lowest BCUT2D eigenvalue weighted by molar-refractivity contribution is -0.142. The number of rotatable bonds is 20. The fourth-order valence-electron chi connectivity index (χ4n) is 8.79. The van der Waals surface area contributed by atoms with Gasteiger partial charge in [0.25, 0.3) is 11.8 Å². The van der Waals surface area contributed by atoms with Crippen molar-refractivity contribution in [3.05, 3.63) is 101 Å². The molecule has 10 atom stereocenters. The number of carbonyl (C=O) groups excluding carboxylic acids is 8. The Kier molecular flexibility index (Phi) is 19.2. The summed E-state index contributed by atoms with van der Waals surface area (Å²) in [5.41, 5.74) is 8.19. The van der Waals surface area contributed by atoms with Gasteiger partial charge < -0.3 is 58.1 Å². The maximum atomic E-state index is 14.3. The van der Waals surface area contributed by atoms with Crippen LogP contribution in [0.25, 0.3) is 0 Å². The molecule has 10 N–H and O–H groups in total. The zero-order valence-electron chi connectivity index (χ0n) is 42.5. The monoisotopic (exact) mass is 980 g/mol. The van der Waals surface area contributed by atoms with Crippen LogP contribution in [0.1, 0.15) is 112 Å². The third-order valence-electron chi connectivity index (χ3n) is 13.4. The Hall–Kier alpha value is -6.86. The van der Waals surface area contributed by atoms with Gasteiger partial charge in [0, 0.05) is 42.0 Å². The SMILES string of the molecule is CNC(C)C(=O)NC(C(=O)N1CC(NC(=O)c2cc(N)cc(C(=O)NC3CC(C(=O)NC(C)c4ccccc4)N(C(=O)C(NC(=O)C(C)NC)C(C)C)C3)c2)CC1C(=O)NC(C)c1ccccc1)C(C)C. The summed E-state index contributed by atoms with van der Waals surface area (Å²) in [6.07, 6.45) is 0.107. The summed E-state index contributed by atoms with van der Waals surface area (Å²) in [6, 6.07) is 15.5. The summed E-state index contributed by atoms with van der Waals surface area (Å²) < 4.78 is 0. The van der Waals surface area contributed by atoms with Gasteiger partial charge in [-0.2, -0.15) is 0 Å². The molecule has 2 aliphatic heterocycles. The fraction of sp³-hybridized carbons (Fsp3) is 0.500. The third kappa shape index (κ3) is 14.2. The molecule has 8 amide bonds. The van der Waals surface area contributed by atoms with Gasteiger partial charge in [-0.25, -0.2) is 0 Å². The molecule has 0 bridgehead atoms. The molecule has 2 fully saturated rings. The minimum atomic E-state index is -1.00. The number of carbonyl (C=O) groups is 8. The molecule has 3 aromatic carbocycles. The molecule has 19 heteroatoms. The molecule has 0 aliphatic carbocycles. The van der Waals surface area contributed by atoms with E-state index in [0.717, 1.165) is 11.1 Å². The highest BCUT2D eigenvalue weighted by Gasteiger charge is 2.45. The Morgan fingerprint density at radius 1 is 0.521 bits per heavy atom. The Labute approximate surface area is 416 Å². The van der Waals surface area contributed by atoms with Gasteiger partial charge in [0.2, 0.25) is 35.4 Å². The van der Waals surface area contributed by atoms with Gasteiger partial charge in [0.05, 0.1) is 24.2 Å². The average molecular weight is 980 g/mol. The number of amides is 8. The molecule has 2 aliphatic rings.